The molecule has 0 radical (unpaired) electrons. The molecule has 1 aromatic rings. The molecular weight excluding hydrogens is 138 g/mol. The van der Waals surface area contributed by atoms with Crippen molar-refractivity contribution in [2.24, 2.45) is 0 Å². The third-order valence-corrected chi connectivity index (χ3v) is 1.26. The minimum absolute atomic E-state index is 1.13. The van der Waals surface area contributed by atoms with Gasteiger partial charge >= 0.3 is 0 Å². The summed E-state index contributed by atoms with van der Waals surface area (Å²) < 4.78 is 0. The molecule has 1 aromatic heterocycles. The van der Waals surface area contributed by atoms with E-state index < -0.39 is 0 Å². The van der Waals surface area contributed by atoms with E-state index in [0.29, 0.717) is 0 Å². The fraction of sp³-hybridized carbons (Fsp3) is 0.400. The molecule has 0 amide bonds. The Kier molecular flexibility index (Phi) is 5.11. The Morgan fingerprint density at radius 3 is 2.38 bits per heavy atom. The van der Waals surface area contributed by atoms with E-state index in [0.717, 1.165) is 5.01 Å². The predicted octanol–water partition coefficient (Wildman–Crippen LogP) is 2.00. The summed E-state index contributed by atoms with van der Waals surface area (Å²) >= 11 is 5.19. The molecule has 1 heterocycles. The Labute approximate surface area is 59.2 Å². The molecular formula is C5H9NS2. The number of aromatic nitrogens is 1. The van der Waals surface area contributed by atoms with Crippen molar-refractivity contribution in [1.82, 2.24) is 4.98 Å². The first-order chi connectivity index (χ1) is 3.89. The first kappa shape index (κ1) is 7.98. The third kappa shape index (κ3) is 3.04. The molecule has 0 aliphatic heterocycles. The van der Waals surface area contributed by atoms with Crippen molar-refractivity contribution in [2.75, 3.05) is 6.26 Å². The summed E-state index contributed by atoms with van der Waals surface area (Å²) in [5, 5.41) is 3.10. The molecule has 1 rings (SSSR count). The summed E-state index contributed by atoms with van der Waals surface area (Å²) in [5.41, 5.74) is 0. The highest BCUT2D eigenvalue weighted by atomic mass is 32.1. The van der Waals surface area contributed by atoms with Crippen molar-refractivity contribution in [3.8, 4) is 0 Å². The molecule has 1 nitrogen and oxygen atoms in total. The van der Waals surface area contributed by atoms with E-state index in [1.54, 1.807) is 23.8 Å². The van der Waals surface area contributed by atoms with Gasteiger partial charge in [-0.25, -0.2) is 0 Å². The Hall–Kier alpha value is -0.0200. The molecule has 0 fully saturated rings. The average molecular weight is 147 g/mol. The van der Waals surface area contributed by atoms with Crippen molar-refractivity contribution in [3.63, 3.8) is 0 Å². The van der Waals surface area contributed by atoms with Gasteiger partial charge in [-0.05, 0) is 13.2 Å². The minimum atomic E-state index is 1.13. The fourth-order valence-corrected chi connectivity index (χ4v) is 0.735. The van der Waals surface area contributed by atoms with Crippen molar-refractivity contribution < 1.29 is 0 Å². The molecule has 0 spiro atoms. The van der Waals surface area contributed by atoms with Crippen LogP contribution in [-0.2, 0) is 0 Å². The zero-order valence-corrected chi connectivity index (χ0v) is 6.67. The molecule has 46 valence electrons. The van der Waals surface area contributed by atoms with E-state index >= 15 is 0 Å². The van der Waals surface area contributed by atoms with Crippen molar-refractivity contribution in [3.05, 3.63) is 16.6 Å². The highest BCUT2D eigenvalue weighted by Gasteiger charge is 1.76. The molecule has 0 bridgehead atoms. The molecule has 0 aliphatic carbocycles. The van der Waals surface area contributed by atoms with Gasteiger partial charge in [0.1, 0.15) is 0 Å². The van der Waals surface area contributed by atoms with Crippen LogP contribution in [0.1, 0.15) is 5.01 Å². The summed E-state index contributed by atoms with van der Waals surface area (Å²) in [5.74, 6) is 0. The van der Waals surface area contributed by atoms with Gasteiger partial charge < -0.3 is 0 Å². The minimum Gasteiger partial charge on any atom is -0.250 e. The molecule has 0 saturated heterocycles. The van der Waals surface area contributed by atoms with Crippen LogP contribution in [0.2, 0.25) is 0 Å². The van der Waals surface area contributed by atoms with E-state index in [2.05, 4.69) is 17.6 Å². The Balaban J connectivity index is 0.000000222. The number of aryl methyl sites for hydroxylation is 1. The average Bonchev–Trinajstić information content (AvgIpc) is 2.24. The second kappa shape index (κ2) is 5.12. The van der Waals surface area contributed by atoms with Gasteiger partial charge in [-0.2, -0.15) is 12.6 Å². The number of thiazole rings is 1. The normalized spacial score (nSPS) is 7.38. The molecule has 0 atom stereocenters. The summed E-state index contributed by atoms with van der Waals surface area (Å²) in [4.78, 5) is 3.94. The van der Waals surface area contributed by atoms with Crippen LogP contribution >= 0.6 is 24.0 Å². The van der Waals surface area contributed by atoms with Crippen LogP contribution in [0.15, 0.2) is 11.6 Å². The second-order valence-electron chi connectivity index (χ2n) is 1.05. The van der Waals surface area contributed by atoms with Crippen LogP contribution < -0.4 is 0 Å². The number of thiol groups is 1. The van der Waals surface area contributed by atoms with E-state index in [4.69, 9.17) is 0 Å². The van der Waals surface area contributed by atoms with Crippen molar-refractivity contribution >= 4 is 24.0 Å². The van der Waals surface area contributed by atoms with Gasteiger partial charge in [0.25, 0.3) is 0 Å². The zero-order valence-electron chi connectivity index (χ0n) is 4.96. The van der Waals surface area contributed by atoms with Crippen LogP contribution in [0, 0.1) is 6.92 Å². The lowest BCUT2D eigenvalue weighted by Gasteiger charge is -1.65. The van der Waals surface area contributed by atoms with Crippen LogP contribution in [0.5, 0.6) is 0 Å². The van der Waals surface area contributed by atoms with Gasteiger partial charge in [0.15, 0.2) is 0 Å². The maximum atomic E-state index is 3.94. The third-order valence-electron chi connectivity index (χ3n) is 0.556. The summed E-state index contributed by atoms with van der Waals surface area (Å²) in [6.45, 7) is 1.99. The maximum absolute atomic E-state index is 3.94. The van der Waals surface area contributed by atoms with Crippen LogP contribution in [0.3, 0.4) is 0 Å². The van der Waals surface area contributed by atoms with E-state index in [9.17, 15) is 0 Å². The highest BCUT2D eigenvalue weighted by molar-refractivity contribution is 7.79. The van der Waals surface area contributed by atoms with Crippen molar-refractivity contribution in [1.29, 1.82) is 0 Å². The quantitative estimate of drug-likeness (QED) is 0.554. The SMILES string of the molecule is CS.Cc1nccs1. The molecule has 0 aliphatic rings. The summed E-state index contributed by atoms with van der Waals surface area (Å²) in [6, 6.07) is 0. The number of rotatable bonds is 0. The smallest absolute Gasteiger partial charge is 0.0893 e. The zero-order chi connectivity index (χ0) is 6.41. The van der Waals surface area contributed by atoms with Crippen molar-refractivity contribution in [2.45, 2.75) is 6.92 Å². The molecule has 0 aromatic carbocycles. The topological polar surface area (TPSA) is 12.9 Å². The lowest BCUT2D eigenvalue weighted by atomic mass is 10.8. The molecule has 3 heteroatoms. The number of hydrogen-bond acceptors (Lipinski definition) is 3. The molecule has 8 heavy (non-hydrogen) atoms. The van der Waals surface area contributed by atoms with E-state index in [1.165, 1.54) is 0 Å². The van der Waals surface area contributed by atoms with Crippen LogP contribution in [0.4, 0.5) is 0 Å². The largest absolute Gasteiger partial charge is 0.250 e. The van der Waals surface area contributed by atoms with E-state index in [-0.39, 0.29) is 0 Å². The standard InChI is InChI=1S/C4H5NS.CH4S/c1-4-5-2-3-6-4;1-2/h2-3H,1H3;2H,1H3. The first-order valence-corrected chi connectivity index (χ1v) is 3.98. The first-order valence-electron chi connectivity index (χ1n) is 2.20. The number of hydrogen-bond donors (Lipinski definition) is 1. The van der Waals surface area contributed by atoms with E-state index in [1.807, 2.05) is 12.3 Å². The van der Waals surface area contributed by atoms with Crippen LogP contribution in [0.25, 0.3) is 0 Å². The Morgan fingerprint density at radius 1 is 1.62 bits per heavy atom. The fourth-order valence-electron chi connectivity index (χ4n) is 0.295. The van der Waals surface area contributed by atoms with Gasteiger partial charge in [0.2, 0.25) is 0 Å². The second-order valence-corrected chi connectivity index (χ2v) is 2.15. The maximum Gasteiger partial charge on any atom is 0.0893 e. The monoisotopic (exact) mass is 147 g/mol. The van der Waals surface area contributed by atoms with Gasteiger partial charge in [-0.3, -0.25) is 4.98 Å². The number of nitrogens with zero attached hydrogens (tertiary/aromatic N) is 1. The Bertz CT molecular complexity index is 114. The predicted molar refractivity (Wildman–Crippen MR) is 41.8 cm³/mol. The van der Waals surface area contributed by atoms with Gasteiger partial charge in [-0.1, -0.05) is 0 Å². The van der Waals surface area contributed by atoms with Gasteiger partial charge in [-0.15, -0.1) is 11.3 Å². The van der Waals surface area contributed by atoms with Gasteiger partial charge in [0, 0.05) is 11.6 Å². The summed E-state index contributed by atoms with van der Waals surface area (Å²) in [7, 11) is 0. The van der Waals surface area contributed by atoms with Crippen LogP contribution in [-0.4, -0.2) is 11.2 Å². The Morgan fingerprint density at radius 2 is 2.25 bits per heavy atom. The molecule has 0 saturated carbocycles. The molecule has 0 unspecified atom stereocenters. The lowest BCUT2D eigenvalue weighted by molar-refractivity contribution is 1.30. The lowest BCUT2D eigenvalue weighted by Crippen LogP contribution is -1.56. The molecule has 0 N–H and O–H groups in total. The summed E-state index contributed by atoms with van der Waals surface area (Å²) in [6.07, 6.45) is 3.50. The van der Waals surface area contributed by atoms with Gasteiger partial charge in [0.05, 0.1) is 5.01 Å². The highest BCUT2D eigenvalue weighted by Crippen LogP contribution is 1.98.